The molecule has 1 unspecified atom stereocenters. The van der Waals surface area contributed by atoms with E-state index in [0.717, 1.165) is 19.3 Å². The van der Waals surface area contributed by atoms with Crippen molar-refractivity contribution in [3.05, 3.63) is 6.20 Å². The second-order valence-corrected chi connectivity index (χ2v) is 6.31. The molecule has 1 fully saturated rings. The molecule has 3 N–H and O–H groups in total. The Bertz CT molecular complexity index is 520. The van der Waals surface area contributed by atoms with E-state index in [1.54, 1.807) is 0 Å². The number of nitrogens with two attached hydrogens (primary N) is 1. The Balaban J connectivity index is 2.02. The summed E-state index contributed by atoms with van der Waals surface area (Å²) in [6.07, 6.45) is 4.39. The molecular weight excluding hydrogens is 268 g/mol. The Morgan fingerprint density at radius 1 is 1.58 bits per heavy atom. The van der Waals surface area contributed by atoms with Crippen molar-refractivity contribution in [3.8, 4) is 0 Å². The molecule has 7 nitrogen and oxygen atoms in total. The average Bonchev–Trinajstić information content (AvgIpc) is 2.80. The molecule has 1 aromatic rings. The topological polar surface area (TPSA) is 99.2 Å². The molecule has 1 atom stereocenters. The Labute approximate surface area is 113 Å². The van der Waals surface area contributed by atoms with Crippen LogP contribution in [0, 0.1) is 0 Å². The molecule has 2 rings (SSSR count). The van der Waals surface area contributed by atoms with Crippen LogP contribution in [0.1, 0.15) is 26.2 Å². The highest BCUT2D eigenvalue weighted by atomic mass is 32.2. The number of nitrogen functional groups attached to an aromatic ring is 1. The number of hydrogen-bond acceptors (Lipinski definition) is 5. The number of hydrogen-bond donors (Lipinski definition) is 2. The van der Waals surface area contributed by atoms with E-state index in [9.17, 15) is 8.42 Å². The van der Waals surface area contributed by atoms with Crippen molar-refractivity contribution in [2.24, 2.45) is 0 Å². The van der Waals surface area contributed by atoms with Gasteiger partial charge < -0.3 is 10.5 Å². The SMILES string of the molecule is CCn1cc(S(=O)(=O)NCC2CCCCO2)c(N)n1. The van der Waals surface area contributed by atoms with Crippen LogP contribution in [0.2, 0.25) is 0 Å². The van der Waals surface area contributed by atoms with E-state index in [4.69, 9.17) is 10.5 Å². The van der Waals surface area contributed by atoms with Gasteiger partial charge >= 0.3 is 0 Å². The van der Waals surface area contributed by atoms with Crippen LogP contribution in [-0.2, 0) is 21.3 Å². The van der Waals surface area contributed by atoms with E-state index in [0.29, 0.717) is 13.2 Å². The lowest BCUT2D eigenvalue weighted by molar-refractivity contribution is 0.0200. The first kappa shape index (κ1) is 14.3. The maximum absolute atomic E-state index is 12.1. The summed E-state index contributed by atoms with van der Waals surface area (Å²) in [7, 11) is -3.62. The van der Waals surface area contributed by atoms with E-state index in [-0.39, 0.29) is 23.4 Å². The molecule has 1 aromatic heterocycles. The summed E-state index contributed by atoms with van der Waals surface area (Å²) in [6, 6.07) is 0. The summed E-state index contributed by atoms with van der Waals surface area (Å²) < 4.78 is 33.8. The number of nitrogens with one attached hydrogen (secondary N) is 1. The predicted molar refractivity (Wildman–Crippen MR) is 71.1 cm³/mol. The van der Waals surface area contributed by atoms with Crippen molar-refractivity contribution in [3.63, 3.8) is 0 Å². The first-order valence-corrected chi connectivity index (χ1v) is 7.95. The fourth-order valence-electron chi connectivity index (χ4n) is 2.04. The molecule has 0 bridgehead atoms. The van der Waals surface area contributed by atoms with Gasteiger partial charge in [0.15, 0.2) is 5.82 Å². The second-order valence-electron chi connectivity index (χ2n) is 4.57. The van der Waals surface area contributed by atoms with E-state index in [1.807, 2.05) is 6.92 Å². The van der Waals surface area contributed by atoms with Gasteiger partial charge in [-0.3, -0.25) is 4.68 Å². The Morgan fingerprint density at radius 2 is 2.37 bits per heavy atom. The van der Waals surface area contributed by atoms with Crippen LogP contribution in [0.15, 0.2) is 11.1 Å². The van der Waals surface area contributed by atoms with Gasteiger partial charge in [0.25, 0.3) is 0 Å². The van der Waals surface area contributed by atoms with Gasteiger partial charge in [-0.15, -0.1) is 0 Å². The van der Waals surface area contributed by atoms with Gasteiger partial charge in [0.2, 0.25) is 10.0 Å². The molecule has 0 aromatic carbocycles. The van der Waals surface area contributed by atoms with Gasteiger partial charge in [0, 0.05) is 25.9 Å². The van der Waals surface area contributed by atoms with Crippen LogP contribution >= 0.6 is 0 Å². The Kier molecular flexibility index (Phi) is 4.43. The van der Waals surface area contributed by atoms with E-state index in [1.165, 1.54) is 10.9 Å². The van der Waals surface area contributed by atoms with Crippen LogP contribution in [0.5, 0.6) is 0 Å². The van der Waals surface area contributed by atoms with Crippen molar-refractivity contribution in [1.82, 2.24) is 14.5 Å². The molecule has 0 spiro atoms. The number of anilines is 1. The smallest absolute Gasteiger partial charge is 0.245 e. The van der Waals surface area contributed by atoms with Crippen LogP contribution in [-0.4, -0.2) is 37.5 Å². The lowest BCUT2D eigenvalue weighted by Crippen LogP contribution is -2.35. The molecule has 0 radical (unpaired) electrons. The maximum Gasteiger partial charge on any atom is 0.245 e. The molecule has 1 saturated heterocycles. The van der Waals surface area contributed by atoms with Crippen molar-refractivity contribution in [2.75, 3.05) is 18.9 Å². The summed E-state index contributed by atoms with van der Waals surface area (Å²) in [5, 5.41) is 3.93. The fourth-order valence-corrected chi connectivity index (χ4v) is 3.17. The largest absolute Gasteiger partial charge is 0.381 e. The number of nitrogens with zero attached hydrogens (tertiary/aromatic N) is 2. The lowest BCUT2D eigenvalue weighted by Gasteiger charge is -2.22. The van der Waals surface area contributed by atoms with E-state index in [2.05, 4.69) is 9.82 Å². The number of sulfonamides is 1. The minimum atomic E-state index is -3.62. The molecule has 2 heterocycles. The molecule has 1 aliphatic heterocycles. The summed E-state index contributed by atoms with van der Waals surface area (Å²) in [6.45, 7) is 3.42. The van der Waals surface area contributed by atoms with Crippen LogP contribution < -0.4 is 10.5 Å². The molecule has 0 aliphatic carbocycles. The highest BCUT2D eigenvalue weighted by Gasteiger charge is 2.23. The molecule has 0 saturated carbocycles. The number of aryl methyl sites for hydroxylation is 1. The van der Waals surface area contributed by atoms with Gasteiger partial charge in [0.05, 0.1) is 6.10 Å². The highest BCUT2D eigenvalue weighted by molar-refractivity contribution is 7.89. The summed E-state index contributed by atoms with van der Waals surface area (Å²) >= 11 is 0. The van der Waals surface area contributed by atoms with E-state index >= 15 is 0 Å². The van der Waals surface area contributed by atoms with Gasteiger partial charge in [-0.1, -0.05) is 0 Å². The molecule has 108 valence electrons. The third-order valence-corrected chi connectivity index (χ3v) is 4.58. The maximum atomic E-state index is 12.1. The number of aromatic nitrogens is 2. The Morgan fingerprint density at radius 3 is 2.95 bits per heavy atom. The predicted octanol–water partition coefficient (Wildman–Crippen LogP) is 0.333. The second kappa shape index (κ2) is 5.89. The fraction of sp³-hybridized carbons (Fsp3) is 0.727. The molecule has 19 heavy (non-hydrogen) atoms. The molecule has 8 heteroatoms. The lowest BCUT2D eigenvalue weighted by atomic mass is 10.1. The first-order valence-electron chi connectivity index (χ1n) is 6.47. The number of ether oxygens (including phenoxy) is 1. The van der Waals surface area contributed by atoms with Gasteiger partial charge in [-0.05, 0) is 26.2 Å². The standard InChI is InChI=1S/C11H20N4O3S/c1-2-15-8-10(11(12)14-15)19(16,17)13-7-9-5-3-4-6-18-9/h8-9,13H,2-7H2,1H3,(H2,12,14). The van der Waals surface area contributed by atoms with Crippen molar-refractivity contribution in [1.29, 1.82) is 0 Å². The monoisotopic (exact) mass is 288 g/mol. The average molecular weight is 288 g/mol. The first-order chi connectivity index (χ1) is 9.03. The van der Waals surface area contributed by atoms with Crippen molar-refractivity contribution < 1.29 is 13.2 Å². The van der Waals surface area contributed by atoms with Gasteiger partial charge in [-0.2, -0.15) is 5.10 Å². The van der Waals surface area contributed by atoms with Crippen molar-refractivity contribution in [2.45, 2.75) is 43.7 Å². The van der Waals surface area contributed by atoms with Crippen LogP contribution in [0.25, 0.3) is 0 Å². The van der Waals surface area contributed by atoms with Crippen LogP contribution in [0.4, 0.5) is 5.82 Å². The normalized spacial score (nSPS) is 20.6. The van der Waals surface area contributed by atoms with Gasteiger partial charge in [0.1, 0.15) is 4.90 Å². The quantitative estimate of drug-likeness (QED) is 0.813. The third kappa shape index (κ3) is 3.46. The minimum absolute atomic E-state index is 0.0268. The molecule has 0 amide bonds. The highest BCUT2D eigenvalue weighted by Crippen LogP contribution is 2.17. The van der Waals surface area contributed by atoms with Crippen molar-refractivity contribution >= 4 is 15.8 Å². The van der Waals surface area contributed by atoms with Gasteiger partial charge in [-0.25, -0.2) is 13.1 Å². The zero-order valence-corrected chi connectivity index (χ0v) is 11.8. The summed E-state index contributed by atoms with van der Waals surface area (Å²) in [4.78, 5) is 0.0326. The zero-order chi connectivity index (χ0) is 13.9. The summed E-state index contributed by atoms with van der Waals surface area (Å²) in [5.41, 5.74) is 5.63. The molecule has 1 aliphatic rings. The zero-order valence-electron chi connectivity index (χ0n) is 11.0. The Hall–Kier alpha value is -1.12. The summed E-state index contributed by atoms with van der Waals surface area (Å²) in [5.74, 6) is 0.0268. The minimum Gasteiger partial charge on any atom is -0.381 e. The third-order valence-electron chi connectivity index (χ3n) is 3.14. The molecular formula is C11H20N4O3S. The van der Waals surface area contributed by atoms with E-state index < -0.39 is 10.0 Å². The van der Waals surface area contributed by atoms with Crippen LogP contribution in [0.3, 0.4) is 0 Å². The number of rotatable bonds is 5.